The van der Waals surface area contributed by atoms with Gasteiger partial charge in [-0.2, -0.15) is 0 Å². The third-order valence-corrected chi connectivity index (χ3v) is 4.62. The first-order valence-electron chi connectivity index (χ1n) is 9.49. The van der Waals surface area contributed by atoms with Gasteiger partial charge in [-0.3, -0.25) is 10.0 Å². The van der Waals surface area contributed by atoms with Crippen molar-refractivity contribution in [2.75, 3.05) is 0 Å². The number of rotatable bonds is 15. The van der Waals surface area contributed by atoms with Crippen molar-refractivity contribution >= 4 is 5.91 Å². The van der Waals surface area contributed by atoms with Gasteiger partial charge in [0, 0.05) is 5.41 Å². The number of hydrogen-bond donors (Lipinski definition) is 2. The first-order chi connectivity index (χ1) is 10.5. The lowest BCUT2D eigenvalue weighted by Crippen LogP contribution is -2.34. The minimum absolute atomic E-state index is 0.272. The van der Waals surface area contributed by atoms with E-state index in [0.717, 1.165) is 12.8 Å². The Balaban J connectivity index is 3.25. The molecule has 1 amide bonds. The summed E-state index contributed by atoms with van der Waals surface area (Å²) in [6.07, 6.45) is 18.2. The van der Waals surface area contributed by atoms with Gasteiger partial charge in [-0.25, -0.2) is 5.48 Å². The highest BCUT2D eigenvalue weighted by molar-refractivity contribution is 5.80. The van der Waals surface area contributed by atoms with Crippen LogP contribution < -0.4 is 5.48 Å². The second-order valence-corrected chi connectivity index (χ2v) is 7.32. The molecule has 3 heteroatoms. The number of hydrogen-bond acceptors (Lipinski definition) is 2. The number of amides is 1. The average Bonchev–Trinajstić information content (AvgIpc) is 2.50. The molecule has 0 aliphatic carbocycles. The van der Waals surface area contributed by atoms with Gasteiger partial charge >= 0.3 is 0 Å². The van der Waals surface area contributed by atoms with E-state index in [4.69, 9.17) is 5.21 Å². The lowest BCUT2D eigenvalue weighted by Gasteiger charge is -2.21. The van der Waals surface area contributed by atoms with E-state index in [1.165, 1.54) is 77.0 Å². The second-order valence-electron chi connectivity index (χ2n) is 7.32. The second kappa shape index (κ2) is 14.0. The summed E-state index contributed by atoms with van der Waals surface area (Å²) in [6.45, 7) is 6.04. The molecule has 0 aromatic rings. The molecule has 0 radical (unpaired) electrons. The standard InChI is InChI=1S/C19H39NO2/c1-4-5-6-7-8-9-10-11-12-13-14-15-16-17-19(2,3)18(21)20-22/h22H,4-17H2,1-3H3,(H,20,21). The van der Waals surface area contributed by atoms with Gasteiger partial charge in [0.25, 0.3) is 0 Å². The zero-order valence-electron chi connectivity index (χ0n) is 15.3. The van der Waals surface area contributed by atoms with Crippen LogP contribution in [-0.4, -0.2) is 11.1 Å². The smallest absolute Gasteiger partial charge is 0.248 e. The summed E-state index contributed by atoms with van der Waals surface area (Å²) in [4.78, 5) is 11.4. The number of nitrogens with one attached hydrogen (secondary N) is 1. The van der Waals surface area contributed by atoms with Crippen LogP contribution in [0.1, 0.15) is 111 Å². The maximum atomic E-state index is 11.4. The van der Waals surface area contributed by atoms with Crippen molar-refractivity contribution in [1.82, 2.24) is 5.48 Å². The summed E-state index contributed by atoms with van der Waals surface area (Å²) in [5, 5.41) is 8.67. The van der Waals surface area contributed by atoms with Crippen LogP contribution in [0, 0.1) is 5.41 Å². The summed E-state index contributed by atoms with van der Waals surface area (Å²) in [5.41, 5.74) is 1.31. The molecule has 0 bridgehead atoms. The summed E-state index contributed by atoms with van der Waals surface area (Å²) in [5.74, 6) is -0.272. The Labute approximate surface area is 138 Å². The molecule has 0 atom stereocenters. The number of carbonyl (C=O) groups is 1. The van der Waals surface area contributed by atoms with E-state index in [0.29, 0.717) is 0 Å². The Hall–Kier alpha value is -0.570. The van der Waals surface area contributed by atoms with E-state index in [2.05, 4.69) is 6.92 Å². The molecule has 0 spiro atoms. The molecular formula is C19H39NO2. The molecule has 0 rings (SSSR count). The van der Waals surface area contributed by atoms with Crippen LogP contribution in [0.3, 0.4) is 0 Å². The van der Waals surface area contributed by atoms with E-state index < -0.39 is 5.41 Å². The minimum atomic E-state index is -0.452. The zero-order chi connectivity index (χ0) is 16.7. The molecular weight excluding hydrogens is 274 g/mol. The Morgan fingerprint density at radius 2 is 1.14 bits per heavy atom. The summed E-state index contributed by atoms with van der Waals surface area (Å²) >= 11 is 0. The van der Waals surface area contributed by atoms with Crippen LogP contribution in [0.4, 0.5) is 0 Å². The van der Waals surface area contributed by atoms with Crippen molar-refractivity contribution in [1.29, 1.82) is 0 Å². The maximum absolute atomic E-state index is 11.4. The fraction of sp³-hybridized carbons (Fsp3) is 0.947. The number of carbonyl (C=O) groups excluding carboxylic acids is 1. The van der Waals surface area contributed by atoms with Crippen LogP contribution >= 0.6 is 0 Å². The van der Waals surface area contributed by atoms with Crippen LogP contribution in [0.5, 0.6) is 0 Å². The molecule has 0 unspecified atom stereocenters. The minimum Gasteiger partial charge on any atom is -0.289 e. The molecule has 0 aliphatic rings. The van der Waals surface area contributed by atoms with Crippen molar-refractivity contribution in [3.05, 3.63) is 0 Å². The van der Waals surface area contributed by atoms with Gasteiger partial charge in [0.15, 0.2) is 0 Å². The van der Waals surface area contributed by atoms with Gasteiger partial charge in [-0.15, -0.1) is 0 Å². The Bertz CT molecular complexity index is 264. The topological polar surface area (TPSA) is 49.3 Å². The predicted octanol–water partition coefficient (Wildman–Crippen LogP) is 6.00. The SMILES string of the molecule is CCCCCCCCCCCCCCCC(C)(C)C(=O)NO. The first-order valence-corrected chi connectivity index (χ1v) is 9.49. The quantitative estimate of drug-likeness (QED) is 0.221. The lowest BCUT2D eigenvalue weighted by atomic mass is 9.86. The third-order valence-electron chi connectivity index (χ3n) is 4.62. The van der Waals surface area contributed by atoms with Crippen molar-refractivity contribution in [2.45, 2.75) is 111 Å². The molecule has 0 fully saturated rings. The summed E-state index contributed by atoms with van der Waals surface area (Å²) in [6, 6.07) is 0. The predicted molar refractivity (Wildman–Crippen MR) is 94.0 cm³/mol. The highest BCUT2D eigenvalue weighted by Crippen LogP contribution is 2.24. The van der Waals surface area contributed by atoms with E-state index in [-0.39, 0.29) is 5.91 Å². The third kappa shape index (κ3) is 12.0. The van der Waals surface area contributed by atoms with Crippen molar-refractivity contribution in [2.24, 2.45) is 5.41 Å². The van der Waals surface area contributed by atoms with Gasteiger partial charge in [0.2, 0.25) is 5.91 Å². The normalized spacial score (nSPS) is 11.6. The number of hydroxylamine groups is 1. The van der Waals surface area contributed by atoms with Crippen molar-refractivity contribution < 1.29 is 10.0 Å². The summed E-state index contributed by atoms with van der Waals surface area (Å²) < 4.78 is 0. The molecule has 2 N–H and O–H groups in total. The average molecular weight is 314 g/mol. The summed E-state index contributed by atoms with van der Waals surface area (Å²) in [7, 11) is 0. The maximum Gasteiger partial charge on any atom is 0.248 e. The van der Waals surface area contributed by atoms with Crippen LogP contribution in [-0.2, 0) is 4.79 Å². The fourth-order valence-electron chi connectivity index (χ4n) is 2.85. The van der Waals surface area contributed by atoms with E-state index in [1.54, 1.807) is 5.48 Å². The molecule has 0 aliphatic heterocycles. The van der Waals surface area contributed by atoms with E-state index >= 15 is 0 Å². The van der Waals surface area contributed by atoms with Crippen LogP contribution in [0.2, 0.25) is 0 Å². The molecule has 132 valence electrons. The van der Waals surface area contributed by atoms with E-state index in [9.17, 15) is 4.79 Å². The largest absolute Gasteiger partial charge is 0.289 e. The lowest BCUT2D eigenvalue weighted by molar-refractivity contribution is -0.138. The van der Waals surface area contributed by atoms with Gasteiger partial charge in [0.1, 0.15) is 0 Å². The molecule has 0 saturated heterocycles. The van der Waals surface area contributed by atoms with Gasteiger partial charge in [0.05, 0.1) is 0 Å². The highest BCUT2D eigenvalue weighted by atomic mass is 16.5. The first kappa shape index (κ1) is 21.4. The zero-order valence-corrected chi connectivity index (χ0v) is 15.3. The monoisotopic (exact) mass is 313 g/mol. The van der Waals surface area contributed by atoms with Crippen LogP contribution in [0.15, 0.2) is 0 Å². The molecule has 0 saturated carbocycles. The molecule has 0 aromatic carbocycles. The van der Waals surface area contributed by atoms with Gasteiger partial charge < -0.3 is 0 Å². The Kier molecular flexibility index (Phi) is 13.7. The molecule has 0 aromatic heterocycles. The van der Waals surface area contributed by atoms with E-state index in [1.807, 2.05) is 13.8 Å². The molecule has 0 heterocycles. The van der Waals surface area contributed by atoms with Crippen molar-refractivity contribution in [3.63, 3.8) is 0 Å². The fourth-order valence-corrected chi connectivity index (χ4v) is 2.85. The van der Waals surface area contributed by atoms with Crippen molar-refractivity contribution in [3.8, 4) is 0 Å². The van der Waals surface area contributed by atoms with Gasteiger partial charge in [-0.05, 0) is 6.42 Å². The number of unbranched alkanes of at least 4 members (excludes halogenated alkanes) is 12. The molecule has 3 nitrogen and oxygen atoms in total. The Morgan fingerprint density at radius 1 is 0.773 bits per heavy atom. The molecule has 22 heavy (non-hydrogen) atoms. The highest BCUT2D eigenvalue weighted by Gasteiger charge is 2.26. The van der Waals surface area contributed by atoms with Crippen LogP contribution in [0.25, 0.3) is 0 Å². The van der Waals surface area contributed by atoms with Gasteiger partial charge in [-0.1, -0.05) is 104 Å². The Morgan fingerprint density at radius 3 is 1.50 bits per heavy atom.